The molecule has 70 valence electrons. The van der Waals surface area contributed by atoms with Gasteiger partial charge in [0.15, 0.2) is 0 Å². The Morgan fingerprint density at radius 1 is 1.67 bits per heavy atom. The number of hydrogen-bond acceptors (Lipinski definition) is 3. The van der Waals surface area contributed by atoms with Crippen molar-refractivity contribution in [1.29, 1.82) is 0 Å². The Labute approximate surface area is 82.4 Å². The highest BCUT2D eigenvalue weighted by Gasteiger charge is 2.12. The van der Waals surface area contributed by atoms with Crippen LogP contribution in [0.2, 0.25) is 0 Å². The van der Waals surface area contributed by atoms with E-state index in [9.17, 15) is 0 Å². The quantitative estimate of drug-likeness (QED) is 0.562. The van der Waals surface area contributed by atoms with Gasteiger partial charge in [-0.2, -0.15) is 0 Å². The summed E-state index contributed by atoms with van der Waals surface area (Å²) < 4.78 is 0. The van der Waals surface area contributed by atoms with Crippen LogP contribution in [0.3, 0.4) is 0 Å². The molecule has 2 unspecified atom stereocenters. The molecule has 1 saturated heterocycles. The molecule has 0 aromatic carbocycles. The van der Waals surface area contributed by atoms with Gasteiger partial charge in [-0.15, -0.1) is 0 Å². The van der Waals surface area contributed by atoms with Gasteiger partial charge in [-0.25, -0.2) is 0 Å². The van der Waals surface area contributed by atoms with Crippen molar-refractivity contribution in [2.24, 2.45) is 0 Å². The fraction of sp³-hybridized carbons (Fsp3) is 0.778. The van der Waals surface area contributed by atoms with Crippen molar-refractivity contribution in [3.05, 3.63) is 12.2 Å². The van der Waals surface area contributed by atoms with E-state index in [0.717, 1.165) is 18.1 Å². The highest BCUT2D eigenvalue weighted by atomic mass is 33.1. The first-order valence-electron chi connectivity index (χ1n) is 4.42. The highest BCUT2D eigenvalue weighted by molar-refractivity contribution is 8.77. The van der Waals surface area contributed by atoms with Crippen molar-refractivity contribution < 1.29 is 5.11 Å². The zero-order valence-corrected chi connectivity index (χ0v) is 9.03. The Hall–Kier alpha value is 0.400. The molecule has 1 heterocycles. The normalized spacial score (nSPS) is 26.7. The van der Waals surface area contributed by atoms with Gasteiger partial charge in [-0.1, -0.05) is 33.7 Å². The second-order valence-electron chi connectivity index (χ2n) is 3.10. The highest BCUT2D eigenvalue weighted by Crippen LogP contribution is 2.38. The summed E-state index contributed by atoms with van der Waals surface area (Å²) >= 11 is 0. The van der Waals surface area contributed by atoms with E-state index in [0.29, 0.717) is 0 Å². The maximum atomic E-state index is 9.00. The van der Waals surface area contributed by atoms with Gasteiger partial charge < -0.3 is 5.11 Å². The van der Waals surface area contributed by atoms with E-state index < -0.39 is 0 Å². The van der Waals surface area contributed by atoms with E-state index in [1.54, 1.807) is 0 Å². The van der Waals surface area contributed by atoms with Crippen LogP contribution < -0.4 is 0 Å². The van der Waals surface area contributed by atoms with E-state index in [2.05, 4.69) is 12.2 Å². The van der Waals surface area contributed by atoms with Crippen molar-refractivity contribution >= 4 is 21.6 Å². The molecule has 0 saturated carbocycles. The summed E-state index contributed by atoms with van der Waals surface area (Å²) in [6, 6.07) is 0. The summed E-state index contributed by atoms with van der Waals surface area (Å²) in [5.41, 5.74) is 0. The summed E-state index contributed by atoms with van der Waals surface area (Å²) in [6.45, 7) is 1.84. The lowest BCUT2D eigenvalue weighted by Gasteiger charge is -2.00. The first-order valence-corrected chi connectivity index (χ1v) is 6.80. The summed E-state index contributed by atoms with van der Waals surface area (Å²) in [6.07, 6.45) is 7.55. The van der Waals surface area contributed by atoms with Gasteiger partial charge >= 0.3 is 0 Å². The number of rotatable bonds is 4. The topological polar surface area (TPSA) is 20.2 Å². The van der Waals surface area contributed by atoms with E-state index in [-0.39, 0.29) is 6.10 Å². The van der Waals surface area contributed by atoms with Crippen LogP contribution in [0.15, 0.2) is 12.2 Å². The van der Waals surface area contributed by atoms with Gasteiger partial charge in [-0.3, -0.25) is 0 Å². The molecule has 1 fully saturated rings. The van der Waals surface area contributed by atoms with Crippen molar-refractivity contribution in [2.45, 2.75) is 37.5 Å². The summed E-state index contributed by atoms with van der Waals surface area (Å²) in [4.78, 5) is 0. The number of allylic oxidation sites excluding steroid dienone is 1. The molecule has 1 aliphatic heterocycles. The average Bonchev–Trinajstić information content (AvgIpc) is 2.49. The molecule has 1 N–H and O–H groups in total. The molecule has 2 atom stereocenters. The molecule has 0 spiro atoms. The molecule has 12 heavy (non-hydrogen) atoms. The standard InChI is InChI=1S/C9H16OS2/c1-8(10)4-2-3-5-9-6-7-11-12-9/h3,5,8-10H,2,4,6-7H2,1H3. The van der Waals surface area contributed by atoms with E-state index in [4.69, 9.17) is 5.11 Å². The molecule has 1 nitrogen and oxygen atoms in total. The predicted molar refractivity (Wildman–Crippen MR) is 58.5 cm³/mol. The SMILES string of the molecule is CC(O)CCC=CC1CCSS1. The van der Waals surface area contributed by atoms with Crippen LogP contribution in [0.1, 0.15) is 26.2 Å². The van der Waals surface area contributed by atoms with Crippen LogP contribution >= 0.6 is 21.6 Å². The number of aliphatic hydroxyl groups excluding tert-OH is 1. The third-order valence-electron chi connectivity index (χ3n) is 1.78. The molecule has 0 amide bonds. The number of hydrogen-bond donors (Lipinski definition) is 1. The predicted octanol–water partition coefficient (Wildman–Crippen LogP) is 2.86. The molecule has 1 aliphatic rings. The molecule has 1 rings (SSSR count). The van der Waals surface area contributed by atoms with E-state index in [1.165, 1.54) is 12.2 Å². The maximum Gasteiger partial charge on any atom is 0.0515 e. The van der Waals surface area contributed by atoms with Gasteiger partial charge in [0.05, 0.1) is 6.10 Å². The van der Waals surface area contributed by atoms with Gasteiger partial charge in [0.2, 0.25) is 0 Å². The fourth-order valence-corrected chi connectivity index (χ4v) is 3.80. The van der Waals surface area contributed by atoms with Crippen LogP contribution in [0, 0.1) is 0 Å². The monoisotopic (exact) mass is 204 g/mol. The third kappa shape index (κ3) is 4.43. The Morgan fingerprint density at radius 2 is 2.50 bits per heavy atom. The summed E-state index contributed by atoms with van der Waals surface area (Å²) in [5, 5.41) is 9.73. The van der Waals surface area contributed by atoms with Gasteiger partial charge in [0.25, 0.3) is 0 Å². The minimum atomic E-state index is -0.153. The molecule has 0 aromatic heterocycles. The van der Waals surface area contributed by atoms with E-state index in [1.807, 2.05) is 28.5 Å². The molecular formula is C9H16OS2. The first kappa shape index (κ1) is 10.5. The van der Waals surface area contributed by atoms with Crippen molar-refractivity contribution in [1.82, 2.24) is 0 Å². The average molecular weight is 204 g/mol. The second kappa shape index (κ2) is 5.95. The zero-order chi connectivity index (χ0) is 8.81. The molecule has 0 aromatic rings. The van der Waals surface area contributed by atoms with Crippen LogP contribution in [-0.4, -0.2) is 22.2 Å². The van der Waals surface area contributed by atoms with Gasteiger partial charge in [0.1, 0.15) is 0 Å². The largest absolute Gasteiger partial charge is 0.393 e. The molecular weight excluding hydrogens is 188 g/mol. The molecule has 0 bridgehead atoms. The lowest BCUT2D eigenvalue weighted by molar-refractivity contribution is 0.186. The van der Waals surface area contributed by atoms with Crippen LogP contribution in [0.5, 0.6) is 0 Å². The Bertz CT molecular complexity index is 139. The third-order valence-corrected chi connectivity index (χ3v) is 4.61. The molecule has 3 heteroatoms. The van der Waals surface area contributed by atoms with Crippen molar-refractivity contribution in [3.63, 3.8) is 0 Å². The van der Waals surface area contributed by atoms with Gasteiger partial charge in [-0.05, 0) is 26.2 Å². The lowest BCUT2D eigenvalue weighted by Crippen LogP contribution is -1.97. The first-order chi connectivity index (χ1) is 5.79. The number of aliphatic hydroxyl groups is 1. The minimum Gasteiger partial charge on any atom is -0.393 e. The summed E-state index contributed by atoms with van der Waals surface area (Å²) in [5.74, 6) is 1.29. The van der Waals surface area contributed by atoms with Crippen LogP contribution in [0.25, 0.3) is 0 Å². The van der Waals surface area contributed by atoms with Crippen molar-refractivity contribution in [2.75, 3.05) is 5.75 Å². The smallest absolute Gasteiger partial charge is 0.0515 e. The fourth-order valence-electron chi connectivity index (χ4n) is 1.06. The van der Waals surface area contributed by atoms with Crippen LogP contribution in [0.4, 0.5) is 0 Å². The Morgan fingerprint density at radius 3 is 3.08 bits per heavy atom. The zero-order valence-electron chi connectivity index (χ0n) is 7.40. The lowest BCUT2D eigenvalue weighted by atomic mass is 10.2. The van der Waals surface area contributed by atoms with Crippen molar-refractivity contribution in [3.8, 4) is 0 Å². The Kier molecular flexibility index (Phi) is 5.19. The molecule has 0 radical (unpaired) electrons. The van der Waals surface area contributed by atoms with Gasteiger partial charge in [0, 0.05) is 11.0 Å². The molecule has 0 aliphatic carbocycles. The minimum absolute atomic E-state index is 0.153. The second-order valence-corrected chi connectivity index (χ2v) is 5.83. The maximum absolute atomic E-state index is 9.00. The van der Waals surface area contributed by atoms with Crippen LogP contribution in [-0.2, 0) is 0 Å². The summed E-state index contributed by atoms with van der Waals surface area (Å²) in [7, 11) is 3.93. The van der Waals surface area contributed by atoms with E-state index >= 15 is 0 Å². The Balaban J connectivity index is 2.04.